The Morgan fingerprint density at radius 2 is 2.24 bits per heavy atom. The number of ether oxygens (including phenoxy) is 1. The van der Waals surface area contributed by atoms with Crippen LogP contribution in [0.2, 0.25) is 0 Å². The number of aromatic nitrogens is 2. The van der Waals surface area contributed by atoms with Crippen molar-refractivity contribution in [1.82, 2.24) is 9.97 Å². The number of nitrogens with zero attached hydrogens (tertiary/aromatic N) is 2. The topological polar surface area (TPSA) is 35.0 Å². The SMILES string of the molecule is C/C=C(\C=C/COC)c1nc(-c2cncc(Br)c2)sc1C. The van der Waals surface area contributed by atoms with E-state index in [9.17, 15) is 0 Å². The summed E-state index contributed by atoms with van der Waals surface area (Å²) in [6.07, 6.45) is 9.72. The van der Waals surface area contributed by atoms with E-state index in [0.717, 1.165) is 26.3 Å². The average molecular weight is 365 g/mol. The molecule has 0 saturated heterocycles. The van der Waals surface area contributed by atoms with E-state index in [1.165, 1.54) is 4.88 Å². The molecule has 110 valence electrons. The van der Waals surface area contributed by atoms with E-state index in [4.69, 9.17) is 9.72 Å². The summed E-state index contributed by atoms with van der Waals surface area (Å²) in [7, 11) is 1.69. The lowest BCUT2D eigenvalue weighted by atomic mass is 10.1. The number of hydrogen-bond donors (Lipinski definition) is 0. The molecule has 3 nitrogen and oxygen atoms in total. The largest absolute Gasteiger partial charge is 0.381 e. The summed E-state index contributed by atoms with van der Waals surface area (Å²) < 4.78 is 6.00. The molecule has 0 bridgehead atoms. The number of thiazole rings is 1. The molecule has 0 aliphatic rings. The highest BCUT2D eigenvalue weighted by Gasteiger charge is 2.12. The Hall–Kier alpha value is -1.30. The van der Waals surface area contributed by atoms with E-state index in [0.29, 0.717) is 6.61 Å². The molecule has 2 aromatic heterocycles. The van der Waals surface area contributed by atoms with E-state index in [1.807, 2.05) is 25.3 Å². The molecule has 0 aliphatic carbocycles. The summed E-state index contributed by atoms with van der Waals surface area (Å²) in [5, 5.41) is 0.982. The predicted octanol–water partition coefficient (Wildman–Crippen LogP) is 4.88. The second-order valence-electron chi connectivity index (χ2n) is 4.42. The third-order valence-electron chi connectivity index (χ3n) is 2.89. The monoisotopic (exact) mass is 364 g/mol. The molecule has 0 unspecified atom stereocenters. The van der Waals surface area contributed by atoms with Crippen LogP contribution in [0.25, 0.3) is 16.1 Å². The molecular weight excluding hydrogens is 348 g/mol. The van der Waals surface area contributed by atoms with Crippen LogP contribution >= 0.6 is 27.3 Å². The van der Waals surface area contributed by atoms with Crippen LogP contribution in [0, 0.1) is 6.92 Å². The van der Waals surface area contributed by atoms with Gasteiger partial charge in [0.15, 0.2) is 0 Å². The third kappa shape index (κ3) is 4.09. The summed E-state index contributed by atoms with van der Waals surface area (Å²) in [5.41, 5.74) is 3.15. The summed E-state index contributed by atoms with van der Waals surface area (Å²) in [5.74, 6) is 0. The summed E-state index contributed by atoms with van der Waals surface area (Å²) in [6, 6.07) is 2.03. The number of methoxy groups -OCH3 is 1. The van der Waals surface area contributed by atoms with Gasteiger partial charge in [-0.15, -0.1) is 11.3 Å². The molecular formula is C16H17BrN2OS. The third-order valence-corrected chi connectivity index (χ3v) is 4.35. The van der Waals surface area contributed by atoms with Gasteiger partial charge in [-0.1, -0.05) is 18.2 Å². The zero-order valence-corrected chi connectivity index (χ0v) is 14.7. The zero-order chi connectivity index (χ0) is 15.2. The van der Waals surface area contributed by atoms with E-state index >= 15 is 0 Å². The van der Waals surface area contributed by atoms with Crippen molar-refractivity contribution in [3.05, 3.63) is 51.7 Å². The Labute approximate surface area is 137 Å². The van der Waals surface area contributed by atoms with Crippen molar-refractivity contribution in [2.45, 2.75) is 13.8 Å². The van der Waals surface area contributed by atoms with Crippen molar-refractivity contribution >= 4 is 32.8 Å². The summed E-state index contributed by atoms with van der Waals surface area (Å²) in [4.78, 5) is 10.2. The Morgan fingerprint density at radius 3 is 2.90 bits per heavy atom. The number of hydrogen-bond acceptors (Lipinski definition) is 4. The number of allylic oxidation sites excluding steroid dienone is 3. The van der Waals surface area contributed by atoms with Crippen LogP contribution in [0.1, 0.15) is 17.5 Å². The van der Waals surface area contributed by atoms with Crippen LogP contribution in [0.15, 0.2) is 41.2 Å². The van der Waals surface area contributed by atoms with Crippen LogP contribution in [0.5, 0.6) is 0 Å². The highest BCUT2D eigenvalue weighted by atomic mass is 79.9. The lowest BCUT2D eigenvalue weighted by molar-refractivity contribution is 0.234. The molecule has 0 amide bonds. The van der Waals surface area contributed by atoms with Crippen molar-refractivity contribution in [1.29, 1.82) is 0 Å². The maximum absolute atomic E-state index is 5.05. The van der Waals surface area contributed by atoms with Gasteiger partial charge in [0, 0.05) is 34.4 Å². The maximum Gasteiger partial charge on any atom is 0.125 e. The molecule has 5 heteroatoms. The van der Waals surface area contributed by atoms with Crippen LogP contribution in [0.4, 0.5) is 0 Å². The molecule has 0 saturated carbocycles. The van der Waals surface area contributed by atoms with E-state index in [1.54, 1.807) is 24.6 Å². The van der Waals surface area contributed by atoms with Gasteiger partial charge in [0.25, 0.3) is 0 Å². The van der Waals surface area contributed by atoms with Crippen LogP contribution < -0.4 is 0 Å². The Balaban J connectivity index is 2.34. The minimum Gasteiger partial charge on any atom is -0.381 e. The van der Waals surface area contributed by atoms with Crippen LogP contribution in [-0.2, 0) is 4.74 Å². The molecule has 2 heterocycles. The van der Waals surface area contributed by atoms with Gasteiger partial charge in [-0.05, 0) is 41.4 Å². The van der Waals surface area contributed by atoms with Gasteiger partial charge < -0.3 is 4.74 Å². The average Bonchev–Trinajstić information content (AvgIpc) is 2.86. The summed E-state index contributed by atoms with van der Waals surface area (Å²) >= 11 is 5.13. The molecule has 0 aromatic carbocycles. The highest BCUT2D eigenvalue weighted by molar-refractivity contribution is 9.10. The fourth-order valence-electron chi connectivity index (χ4n) is 1.90. The highest BCUT2D eigenvalue weighted by Crippen LogP contribution is 2.32. The van der Waals surface area contributed by atoms with Gasteiger partial charge in [0.05, 0.1) is 12.3 Å². The molecule has 21 heavy (non-hydrogen) atoms. The molecule has 0 aliphatic heterocycles. The maximum atomic E-state index is 5.05. The molecule has 0 spiro atoms. The van der Waals surface area contributed by atoms with Crippen LogP contribution in [-0.4, -0.2) is 23.7 Å². The van der Waals surface area contributed by atoms with E-state index < -0.39 is 0 Å². The minimum atomic E-state index is 0.600. The van der Waals surface area contributed by atoms with Crippen molar-refractivity contribution in [2.75, 3.05) is 13.7 Å². The Morgan fingerprint density at radius 1 is 1.43 bits per heavy atom. The standard InChI is InChI=1S/C16H17BrN2OS/c1-4-12(6-5-7-20-3)15-11(2)21-16(19-15)13-8-14(17)10-18-9-13/h4-6,8-10H,7H2,1-3H3/b6-5-,12-4+. The van der Waals surface area contributed by atoms with E-state index in [2.05, 4.69) is 40.0 Å². The normalized spacial score (nSPS) is 12.3. The quantitative estimate of drug-likeness (QED) is 0.709. The fraction of sp³-hybridized carbons (Fsp3) is 0.250. The molecule has 2 aromatic rings. The Kier molecular flexibility index (Phi) is 5.85. The second-order valence-corrected chi connectivity index (χ2v) is 6.54. The first-order chi connectivity index (χ1) is 10.2. The smallest absolute Gasteiger partial charge is 0.125 e. The van der Waals surface area contributed by atoms with Gasteiger partial charge in [-0.2, -0.15) is 0 Å². The molecule has 0 fully saturated rings. The van der Waals surface area contributed by atoms with Crippen molar-refractivity contribution in [3.8, 4) is 10.6 Å². The summed E-state index contributed by atoms with van der Waals surface area (Å²) in [6.45, 7) is 4.71. The zero-order valence-electron chi connectivity index (χ0n) is 12.3. The predicted molar refractivity (Wildman–Crippen MR) is 92.4 cm³/mol. The van der Waals surface area contributed by atoms with Crippen molar-refractivity contribution < 1.29 is 4.74 Å². The Bertz CT molecular complexity index is 677. The van der Waals surface area contributed by atoms with Gasteiger partial charge in [-0.3, -0.25) is 4.98 Å². The first kappa shape index (κ1) is 16.1. The van der Waals surface area contributed by atoms with Crippen molar-refractivity contribution in [3.63, 3.8) is 0 Å². The fourth-order valence-corrected chi connectivity index (χ4v) is 3.18. The van der Waals surface area contributed by atoms with E-state index in [-0.39, 0.29) is 0 Å². The van der Waals surface area contributed by atoms with Gasteiger partial charge in [0.2, 0.25) is 0 Å². The molecule has 0 atom stereocenters. The molecule has 2 rings (SSSR count). The lowest BCUT2D eigenvalue weighted by Crippen LogP contribution is -1.87. The number of aryl methyl sites for hydroxylation is 1. The number of halogens is 1. The van der Waals surface area contributed by atoms with Crippen LogP contribution in [0.3, 0.4) is 0 Å². The van der Waals surface area contributed by atoms with Gasteiger partial charge in [-0.25, -0.2) is 4.98 Å². The van der Waals surface area contributed by atoms with Gasteiger partial charge >= 0.3 is 0 Å². The molecule has 0 N–H and O–H groups in total. The minimum absolute atomic E-state index is 0.600. The lowest BCUT2D eigenvalue weighted by Gasteiger charge is -1.99. The first-order valence-electron chi connectivity index (χ1n) is 6.56. The number of rotatable bonds is 5. The number of pyridine rings is 1. The second kappa shape index (κ2) is 7.64. The van der Waals surface area contributed by atoms with Crippen molar-refractivity contribution in [2.24, 2.45) is 0 Å². The first-order valence-corrected chi connectivity index (χ1v) is 8.17. The molecule has 0 radical (unpaired) electrons. The van der Waals surface area contributed by atoms with Gasteiger partial charge in [0.1, 0.15) is 5.01 Å².